The molecule has 0 spiro atoms. The van der Waals surface area contributed by atoms with Gasteiger partial charge in [-0.25, -0.2) is 4.39 Å². The number of benzene rings is 2. The number of nitrogens with one attached hydrogen (secondary N) is 1. The monoisotopic (exact) mass is 301 g/mol. The Hall–Kier alpha value is -1.74. The fourth-order valence-electron chi connectivity index (χ4n) is 2.21. The van der Waals surface area contributed by atoms with Crippen LogP contribution in [0.25, 0.3) is 0 Å². The van der Waals surface area contributed by atoms with E-state index < -0.39 is 0 Å². The van der Waals surface area contributed by atoms with Crippen LogP contribution in [0.2, 0.25) is 0 Å². The van der Waals surface area contributed by atoms with Gasteiger partial charge in [-0.3, -0.25) is 0 Å². The first-order valence-corrected chi connectivity index (χ1v) is 8.08. The summed E-state index contributed by atoms with van der Waals surface area (Å²) in [6.45, 7) is 5.81. The van der Waals surface area contributed by atoms with Crippen molar-refractivity contribution in [2.45, 2.75) is 24.3 Å². The molecule has 1 N–H and O–H groups in total. The number of hydrogen-bond donors (Lipinski definition) is 1. The molecule has 0 amide bonds. The number of anilines is 1. The van der Waals surface area contributed by atoms with Crippen LogP contribution in [0.1, 0.15) is 24.9 Å². The van der Waals surface area contributed by atoms with Crippen molar-refractivity contribution in [3.63, 3.8) is 0 Å². The molecule has 2 aromatic carbocycles. The van der Waals surface area contributed by atoms with Crippen LogP contribution in [0.3, 0.4) is 0 Å². The van der Waals surface area contributed by atoms with Crippen molar-refractivity contribution in [2.75, 3.05) is 11.1 Å². The van der Waals surface area contributed by atoms with E-state index >= 15 is 0 Å². The number of rotatable bonds is 7. The fourth-order valence-corrected chi connectivity index (χ4v) is 2.96. The third-order valence-electron chi connectivity index (χ3n) is 3.26. The zero-order valence-corrected chi connectivity index (χ0v) is 13.0. The average Bonchev–Trinajstić information content (AvgIpc) is 2.52. The predicted octanol–water partition coefficient (Wildman–Crippen LogP) is 5.67. The van der Waals surface area contributed by atoms with Gasteiger partial charge in [0.25, 0.3) is 0 Å². The van der Waals surface area contributed by atoms with Gasteiger partial charge in [-0.1, -0.05) is 43.3 Å². The Morgan fingerprint density at radius 3 is 2.62 bits per heavy atom. The van der Waals surface area contributed by atoms with E-state index in [0.717, 1.165) is 22.8 Å². The van der Waals surface area contributed by atoms with Gasteiger partial charge in [-0.05, 0) is 24.6 Å². The van der Waals surface area contributed by atoms with Crippen LogP contribution in [0.15, 0.2) is 66.1 Å². The topological polar surface area (TPSA) is 12.0 Å². The molecule has 0 aromatic heterocycles. The molecule has 3 heteroatoms. The highest BCUT2D eigenvalue weighted by molar-refractivity contribution is 7.99. The summed E-state index contributed by atoms with van der Waals surface area (Å²) in [6.07, 6.45) is 2.71. The molecule has 0 radical (unpaired) electrons. The predicted molar refractivity (Wildman–Crippen MR) is 90.4 cm³/mol. The quantitative estimate of drug-likeness (QED) is 0.522. The van der Waals surface area contributed by atoms with E-state index in [4.69, 9.17) is 0 Å². The summed E-state index contributed by atoms with van der Waals surface area (Å²) in [4.78, 5) is 1.16. The molecule has 0 aliphatic carbocycles. The van der Waals surface area contributed by atoms with E-state index in [-0.39, 0.29) is 11.9 Å². The molecule has 21 heavy (non-hydrogen) atoms. The third-order valence-corrected chi connectivity index (χ3v) is 4.33. The zero-order chi connectivity index (χ0) is 15.1. The first-order valence-electron chi connectivity index (χ1n) is 7.10. The third kappa shape index (κ3) is 4.11. The largest absolute Gasteiger partial charge is 0.377 e. The molecule has 1 nitrogen and oxygen atoms in total. The Labute approximate surface area is 130 Å². The van der Waals surface area contributed by atoms with Crippen molar-refractivity contribution in [1.29, 1.82) is 0 Å². The molecule has 1 unspecified atom stereocenters. The second kappa shape index (κ2) is 7.89. The first kappa shape index (κ1) is 15.6. The van der Waals surface area contributed by atoms with Crippen LogP contribution in [0.5, 0.6) is 0 Å². The lowest BCUT2D eigenvalue weighted by molar-refractivity contribution is 0.587. The smallest absolute Gasteiger partial charge is 0.128 e. The van der Waals surface area contributed by atoms with E-state index in [1.54, 1.807) is 17.8 Å². The van der Waals surface area contributed by atoms with E-state index in [9.17, 15) is 4.39 Å². The summed E-state index contributed by atoms with van der Waals surface area (Å²) >= 11 is 1.72. The Kier molecular flexibility index (Phi) is 5.88. The van der Waals surface area contributed by atoms with Crippen molar-refractivity contribution in [2.24, 2.45) is 0 Å². The number of para-hydroxylation sites is 1. The summed E-state index contributed by atoms with van der Waals surface area (Å²) in [5.74, 6) is 0.697. The Balaban J connectivity index is 2.23. The first-order chi connectivity index (χ1) is 10.3. The molecule has 0 saturated carbocycles. The normalized spacial score (nSPS) is 11.9. The molecule has 2 aromatic rings. The Morgan fingerprint density at radius 1 is 1.19 bits per heavy atom. The average molecular weight is 301 g/mol. The molecule has 0 bridgehead atoms. The highest BCUT2D eigenvalue weighted by atomic mass is 32.2. The molecule has 0 fully saturated rings. The molecule has 0 heterocycles. The fraction of sp³-hybridized carbons (Fsp3) is 0.222. The zero-order valence-electron chi connectivity index (χ0n) is 12.2. The van der Waals surface area contributed by atoms with Crippen molar-refractivity contribution in [3.8, 4) is 0 Å². The maximum atomic E-state index is 14.0. The van der Waals surface area contributed by atoms with Crippen molar-refractivity contribution >= 4 is 17.4 Å². The highest BCUT2D eigenvalue weighted by Gasteiger charge is 2.14. The maximum Gasteiger partial charge on any atom is 0.128 e. The number of halogens is 1. The maximum absolute atomic E-state index is 14.0. The van der Waals surface area contributed by atoms with Gasteiger partial charge >= 0.3 is 0 Å². The van der Waals surface area contributed by atoms with Crippen molar-refractivity contribution < 1.29 is 4.39 Å². The summed E-state index contributed by atoms with van der Waals surface area (Å²) in [7, 11) is 0. The summed E-state index contributed by atoms with van der Waals surface area (Å²) < 4.78 is 14.0. The Morgan fingerprint density at radius 2 is 1.90 bits per heavy atom. The number of thioether (sulfide) groups is 1. The lowest BCUT2D eigenvalue weighted by Gasteiger charge is -2.21. The van der Waals surface area contributed by atoms with Crippen LogP contribution in [0.4, 0.5) is 10.1 Å². The van der Waals surface area contributed by atoms with E-state index in [0.29, 0.717) is 5.56 Å². The van der Waals surface area contributed by atoms with Crippen LogP contribution in [-0.2, 0) is 0 Å². The van der Waals surface area contributed by atoms with Gasteiger partial charge in [0.15, 0.2) is 0 Å². The van der Waals surface area contributed by atoms with E-state index in [1.165, 1.54) is 6.07 Å². The van der Waals surface area contributed by atoms with Gasteiger partial charge in [-0.2, -0.15) is 0 Å². The molecule has 0 aliphatic rings. The van der Waals surface area contributed by atoms with Crippen LogP contribution >= 0.6 is 11.8 Å². The molecule has 0 aliphatic heterocycles. The molecule has 2 rings (SSSR count). The van der Waals surface area contributed by atoms with Crippen LogP contribution < -0.4 is 5.32 Å². The standard InChI is InChI=1S/C18H20FNS/c1-3-13-21-18-12-8-7-11-17(18)20-16(4-2)14-9-5-6-10-15(14)19/h3,5-12,16,20H,1,4,13H2,2H3. The Bertz CT molecular complexity index is 597. The van der Waals surface area contributed by atoms with Gasteiger partial charge < -0.3 is 5.32 Å². The van der Waals surface area contributed by atoms with E-state index in [2.05, 4.69) is 24.9 Å². The second-order valence-electron chi connectivity index (χ2n) is 4.72. The van der Waals surface area contributed by atoms with Crippen LogP contribution in [0, 0.1) is 5.82 Å². The molecule has 1 atom stereocenters. The van der Waals surface area contributed by atoms with Crippen LogP contribution in [-0.4, -0.2) is 5.75 Å². The van der Waals surface area contributed by atoms with Crippen molar-refractivity contribution in [1.82, 2.24) is 0 Å². The lowest BCUT2D eigenvalue weighted by atomic mass is 10.0. The van der Waals surface area contributed by atoms with Crippen molar-refractivity contribution in [3.05, 3.63) is 72.6 Å². The van der Waals surface area contributed by atoms with Gasteiger partial charge in [0.05, 0.1) is 6.04 Å². The summed E-state index contributed by atoms with van der Waals surface area (Å²) in [6, 6.07) is 15.0. The molecular formula is C18H20FNS. The van der Waals surface area contributed by atoms with Gasteiger partial charge in [-0.15, -0.1) is 18.3 Å². The van der Waals surface area contributed by atoms with Gasteiger partial charge in [0.2, 0.25) is 0 Å². The number of hydrogen-bond acceptors (Lipinski definition) is 2. The van der Waals surface area contributed by atoms with E-state index in [1.807, 2.05) is 36.4 Å². The van der Waals surface area contributed by atoms with Gasteiger partial charge in [0, 0.05) is 21.9 Å². The molecule has 0 saturated heterocycles. The lowest BCUT2D eigenvalue weighted by Crippen LogP contribution is -2.12. The summed E-state index contributed by atoms with van der Waals surface area (Å²) in [5, 5.41) is 3.47. The summed E-state index contributed by atoms with van der Waals surface area (Å²) in [5.41, 5.74) is 1.75. The SMILES string of the molecule is C=CCSc1ccccc1NC(CC)c1ccccc1F. The minimum atomic E-state index is -0.159. The minimum absolute atomic E-state index is 0.0309. The van der Waals surface area contributed by atoms with Gasteiger partial charge in [0.1, 0.15) is 5.82 Å². The highest BCUT2D eigenvalue weighted by Crippen LogP contribution is 2.31. The molecule has 110 valence electrons. The minimum Gasteiger partial charge on any atom is -0.377 e. The molecular weight excluding hydrogens is 281 g/mol. The second-order valence-corrected chi connectivity index (χ2v) is 5.78.